The van der Waals surface area contributed by atoms with Crippen LogP contribution in [-0.2, 0) is 0 Å². The van der Waals surface area contributed by atoms with E-state index in [0.29, 0.717) is 21.5 Å². The Labute approximate surface area is 96.8 Å². The highest BCUT2D eigenvalue weighted by atomic mass is 35.5. The van der Waals surface area contributed by atoms with Gasteiger partial charge in [-0.1, -0.05) is 29.3 Å². The van der Waals surface area contributed by atoms with Crippen LogP contribution in [0.15, 0.2) is 22.6 Å². The van der Waals surface area contributed by atoms with Gasteiger partial charge in [-0.3, -0.25) is 0 Å². The summed E-state index contributed by atoms with van der Waals surface area (Å²) in [6.07, 6.45) is 0. The van der Waals surface area contributed by atoms with Crippen LogP contribution < -0.4 is 5.73 Å². The lowest BCUT2D eigenvalue weighted by molar-refractivity contribution is 0.549. The minimum atomic E-state index is 0.147. The Morgan fingerprint density at radius 1 is 1.27 bits per heavy atom. The van der Waals surface area contributed by atoms with E-state index in [2.05, 4.69) is 4.98 Å². The van der Waals surface area contributed by atoms with Crippen LogP contribution in [0, 0.1) is 6.92 Å². The molecular weight excluding hydrogens is 235 g/mol. The molecule has 1 aromatic carbocycles. The molecule has 0 atom stereocenters. The molecule has 0 aliphatic heterocycles. The van der Waals surface area contributed by atoms with Crippen molar-refractivity contribution in [3.63, 3.8) is 0 Å². The summed E-state index contributed by atoms with van der Waals surface area (Å²) in [6, 6.07) is 5.41. The van der Waals surface area contributed by atoms with E-state index in [4.69, 9.17) is 33.4 Å². The normalized spacial score (nSPS) is 10.6. The number of anilines is 1. The summed E-state index contributed by atoms with van der Waals surface area (Å²) in [5.41, 5.74) is 6.97. The van der Waals surface area contributed by atoms with Gasteiger partial charge in [0, 0.05) is 5.56 Å². The number of oxazole rings is 1. The SMILES string of the molecule is Cc1oc(N)nc1-c1ccc(Cl)c(Cl)c1. The summed E-state index contributed by atoms with van der Waals surface area (Å²) >= 11 is 11.7. The first-order valence-corrected chi connectivity index (χ1v) is 5.02. The van der Waals surface area contributed by atoms with Crippen molar-refractivity contribution in [3.8, 4) is 11.3 Å². The molecule has 2 rings (SSSR count). The standard InChI is InChI=1S/C10H8Cl2N2O/c1-5-9(14-10(13)15-5)6-2-3-7(11)8(12)4-6/h2-4H,1H3,(H2,13,14). The molecule has 0 aliphatic rings. The second kappa shape index (κ2) is 3.76. The van der Waals surface area contributed by atoms with Crippen molar-refractivity contribution in [1.29, 1.82) is 0 Å². The van der Waals surface area contributed by atoms with Gasteiger partial charge in [0.1, 0.15) is 11.5 Å². The maximum Gasteiger partial charge on any atom is 0.292 e. The Morgan fingerprint density at radius 2 is 2.00 bits per heavy atom. The van der Waals surface area contributed by atoms with Crippen LogP contribution in [0.4, 0.5) is 6.01 Å². The molecule has 0 saturated carbocycles. The lowest BCUT2D eigenvalue weighted by atomic mass is 10.1. The zero-order valence-electron chi connectivity index (χ0n) is 7.92. The highest BCUT2D eigenvalue weighted by Gasteiger charge is 2.10. The summed E-state index contributed by atoms with van der Waals surface area (Å²) in [5.74, 6) is 0.658. The van der Waals surface area contributed by atoms with E-state index in [-0.39, 0.29) is 6.01 Å². The maximum atomic E-state index is 5.90. The van der Waals surface area contributed by atoms with Gasteiger partial charge < -0.3 is 10.2 Å². The third-order valence-corrected chi connectivity index (χ3v) is 2.75. The van der Waals surface area contributed by atoms with E-state index in [1.54, 1.807) is 19.1 Å². The van der Waals surface area contributed by atoms with E-state index < -0.39 is 0 Å². The molecule has 15 heavy (non-hydrogen) atoms. The predicted molar refractivity (Wildman–Crippen MR) is 61.1 cm³/mol. The topological polar surface area (TPSA) is 52.0 Å². The van der Waals surface area contributed by atoms with Crippen molar-refractivity contribution >= 4 is 29.2 Å². The van der Waals surface area contributed by atoms with Crippen molar-refractivity contribution < 1.29 is 4.42 Å². The van der Waals surface area contributed by atoms with Crippen LogP contribution in [0.2, 0.25) is 10.0 Å². The van der Waals surface area contributed by atoms with Crippen LogP contribution in [-0.4, -0.2) is 4.98 Å². The molecule has 2 N–H and O–H groups in total. The molecule has 0 bridgehead atoms. The number of rotatable bonds is 1. The monoisotopic (exact) mass is 242 g/mol. The molecule has 0 saturated heterocycles. The summed E-state index contributed by atoms with van der Waals surface area (Å²) in [7, 11) is 0. The summed E-state index contributed by atoms with van der Waals surface area (Å²) in [5, 5.41) is 0.990. The van der Waals surface area contributed by atoms with Crippen LogP contribution >= 0.6 is 23.2 Å². The quantitative estimate of drug-likeness (QED) is 0.833. The zero-order valence-corrected chi connectivity index (χ0v) is 9.43. The van der Waals surface area contributed by atoms with Crippen LogP contribution in [0.1, 0.15) is 5.76 Å². The van der Waals surface area contributed by atoms with Crippen molar-refractivity contribution in [2.45, 2.75) is 6.92 Å². The van der Waals surface area contributed by atoms with Crippen LogP contribution in [0.25, 0.3) is 11.3 Å². The number of nitrogens with zero attached hydrogens (tertiary/aromatic N) is 1. The highest BCUT2D eigenvalue weighted by Crippen LogP contribution is 2.30. The fraction of sp³-hybridized carbons (Fsp3) is 0.100. The lowest BCUT2D eigenvalue weighted by Gasteiger charge is -1.99. The number of hydrogen-bond donors (Lipinski definition) is 1. The predicted octanol–water partition coefficient (Wildman–Crippen LogP) is 3.54. The summed E-state index contributed by atoms with van der Waals surface area (Å²) < 4.78 is 5.13. The molecule has 0 fully saturated rings. The molecule has 2 aromatic rings. The average Bonchev–Trinajstić information content (AvgIpc) is 2.50. The van der Waals surface area contributed by atoms with Gasteiger partial charge in [0.2, 0.25) is 0 Å². The number of halogens is 2. The first-order chi connectivity index (χ1) is 7.08. The van der Waals surface area contributed by atoms with E-state index >= 15 is 0 Å². The Bertz CT molecular complexity index is 508. The van der Waals surface area contributed by atoms with E-state index in [0.717, 1.165) is 5.56 Å². The van der Waals surface area contributed by atoms with Gasteiger partial charge in [0.25, 0.3) is 6.01 Å². The average molecular weight is 243 g/mol. The molecule has 0 spiro atoms. The van der Waals surface area contributed by atoms with Gasteiger partial charge in [-0.15, -0.1) is 0 Å². The van der Waals surface area contributed by atoms with Gasteiger partial charge >= 0.3 is 0 Å². The lowest BCUT2D eigenvalue weighted by Crippen LogP contribution is -1.84. The third-order valence-electron chi connectivity index (χ3n) is 2.01. The van der Waals surface area contributed by atoms with Crippen molar-refractivity contribution in [2.75, 3.05) is 5.73 Å². The Morgan fingerprint density at radius 3 is 2.53 bits per heavy atom. The number of aryl methyl sites for hydroxylation is 1. The smallest absolute Gasteiger partial charge is 0.292 e. The van der Waals surface area contributed by atoms with Crippen molar-refractivity contribution in [2.24, 2.45) is 0 Å². The molecule has 5 heteroatoms. The molecule has 1 aromatic heterocycles. The fourth-order valence-electron chi connectivity index (χ4n) is 1.33. The van der Waals surface area contributed by atoms with Crippen LogP contribution in [0.3, 0.4) is 0 Å². The minimum Gasteiger partial charge on any atom is -0.429 e. The Kier molecular flexibility index (Phi) is 2.59. The van der Waals surface area contributed by atoms with Gasteiger partial charge in [0.05, 0.1) is 10.0 Å². The zero-order chi connectivity index (χ0) is 11.0. The molecular formula is C10H8Cl2N2O. The van der Waals surface area contributed by atoms with Crippen molar-refractivity contribution in [1.82, 2.24) is 4.98 Å². The Hall–Kier alpha value is -1.19. The first-order valence-electron chi connectivity index (χ1n) is 4.26. The van der Waals surface area contributed by atoms with Crippen LogP contribution in [0.5, 0.6) is 0 Å². The Balaban J connectivity index is 2.54. The number of benzene rings is 1. The molecule has 0 aliphatic carbocycles. The number of hydrogen-bond acceptors (Lipinski definition) is 3. The third kappa shape index (κ3) is 1.94. The summed E-state index contributed by atoms with van der Waals surface area (Å²) in [4.78, 5) is 4.06. The summed E-state index contributed by atoms with van der Waals surface area (Å²) in [6.45, 7) is 1.79. The second-order valence-corrected chi connectivity index (χ2v) is 3.90. The maximum absolute atomic E-state index is 5.90. The largest absolute Gasteiger partial charge is 0.429 e. The fourth-order valence-corrected chi connectivity index (χ4v) is 1.63. The number of nitrogen functional groups attached to an aromatic ring is 1. The van der Waals surface area contributed by atoms with Gasteiger partial charge in [-0.05, 0) is 19.1 Å². The van der Waals surface area contributed by atoms with E-state index in [1.165, 1.54) is 0 Å². The van der Waals surface area contributed by atoms with Gasteiger partial charge in [-0.2, -0.15) is 4.98 Å². The minimum absolute atomic E-state index is 0.147. The van der Waals surface area contributed by atoms with E-state index in [9.17, 15) is 0 Å². The highest BCUT2D eigenvalue weighted by molar-refractivity contribution is 6.42. The molecule has 0 radical (unpaired) electrons. The second-order valence-electron chi connectivity index (χ2n) is 3.09. The molecule has 78 valence electrons. The van der Waals surface area contributed by atoms with E-state index in [1.807, 2.05) is 6.07 Å². The first kappa shape index (κ1) is 10.3. The molecule has 0 amide bonds. The van der Waals surface area contributed by atoms with Crippen molar-refractivity contribution in [3.05, 3.63) is 34.0 Å². The molecule has 1 heterocycles. The van der Waals surface area contributed by atoms with Gasteiger partial charge in [-0.25, -0.2) is 0 Å². The van der Waals surface area contributed by atoms with Gasteiger partial charge in [0.15, 0.2) is 0 Å². The molecule has 0 unspecified atom stereocenters. The molecule has 3 nitrogen and oxygen atoms in total. The number of nitrogens with two attached hydrogens (primary N) is 1. The number of aromatic nitrogens is 1.